The van der Waals surface area contributed by atoms with Crippen molar-refractivity contribution in [1.82, 2.24) is 20.0 Å². The van der Waals surface area contributed by atoms with Gasteiger partial charge in [0.2, 0.25) is 11.8 Å². The van der Waals surface area contributed by atoms with Gasteiger partial charge in [-0.05, 0) is 36.7 Å². The van der Waals surface area contributed by atoms with Crippen molar-refractivity contribution in [2.24, 2.45) is 5.41 Å². The van der Waals surface area contributed by atoms with Gasteiger partial charge >= 0.3 is 0 Å². The van der Waals surface area contributed by atoms with E-state index < -0.39 is 6.10 Å². The molecule has 7 nitrogen and oxygen atoms in total. The summed E-state index contributed by atoms with van der Waals surface area (Å²) in [7, 11) is 0. The minimum absolute atomic E-state index is 0.0201. The first kappa shape index (κ1) is 17.0. The minimum atomic E-state index is -0.453. The van der Waals surface area contributed by atoms with Crippen molar-refractivity contribution < 1.29 is 14.7 Å². The summed E-state index contributed by atoms with van der Waals surface area (Å²) in [5, 5.41) is 16.8. The molecule has 1 unspecified atom stereocenters. The molecule has 0 bridgehead atoms. The number of piperidine rings is 2. The number of nitrogens with zero attached hydrogens (tertiary/aromatic N) is 3. The monoisotopic (exact) mass is 334 g/mol. The highest BCUT2D eigenvalue weighted by Gasteiger charge is 2.42. The predicted molar refractivity (Wildman–Crippen MR) is 88.0 cm³/mol. The number of nitrogens with one attached hydrogen (secondary N) is 1. The van der Waals surface area contributed by atoms with E-state index in [0.717, 1.165) is 24.8 Å². The molecule has 1 aromatic rings. The van der Waals surface area contributed by atoms with Crippen LogP contribution in [0.2, 0.25) is 0 Å². The molecule has 24 heavy (non-hydrogen) atoms. The molecule has 2 saturated heterocycles. The van der Waals surface area contributed by atoms with Crippen LogP contribution in [-0.4, -0.2) is 69.2 Å². The lowest BCUT2D eigenvalue weighted by molar-refractivity contribution is -0.142. The molecule has 1 aromatic heterocycles. The second-order valence-corrected chi connectivity index (χ2v) is 7.24. The van der Waals surface area contributed by atoms with Crippen molar-refractivity contribution in [2.45, 2.75) is 45.1 Å². The van der Waals surface area contributed by atoms with Crippen LogP contribution in [0.3, 0.4) is 0 Å². The molecule has 3 rings (SSSR count). The smallest absolute Gasteiger partial charge is 0.222 e. The van der Waals surface area contributed by atoms with Gasteiger partial charge in [-0.15, -0.1) is 0 Å². The number of aromatic nitrogens is 2. The Morgan fingerprint density at radius 2 is 2.12 bits per heavy atom. The van der Waals surface area contributed by atoms with E-state index in [1.54, 1.807) is 18.0 Å². The topological polar surface area (TPSA) is 89.5 Å². The molecular weight excluding hydrogens is 308 g/mol. The zero-order valence-corrected chi connectivity index (χ0v) is 14.2. The van der Waals surface area contributed by atoms with E-state index in [4.69, 9.17) is 0 Å². The standard InChI is InChI=1S/C17H26N4O3/c1-13(22)21-11-15(23)8-17(12-21)4-6-20(7-5-17)16(24)3-2-14-9-18-19-10-14/h9-10,15,23H,2-8,11-12H2,1H3,(H,18,19). The summed E-state index contributed by atoms with van der Waals surface area (Å²) in [6, 6.07) is 0. The highest BCUT2D eigenvalue weighted by molar-refractivity contribution is 5.76. The molecule has 0 aromatic carbocycles. The lowest BCUT2D eigenvalue weighted by Crippen LogP contribution is -2.55. The number of H-pyrrole nitrogens is 1. The molecule has 2 aliphatic rings. The Bertz CT molecular complexity index is 579. The van der Waals surface area contributed by atoms with Crippen LogP contribution < -0.4 is 0 Å². The number of hydrogen-bond acceptors (Lipinski definition) is 4. The molecule has 0 aliphatic carbocycles. The van der Waals surface area contributed by atoms with Gasteiger partial charge in [0.15, 0.2) is 0 Å². The molecule has 7 heteroatoms. The maximum Gasteiger partial charge on any atom is 0.222 e. The SMILES string of the molecule is CC(=O)N1CC(O)CC2(CCN(C(=O)CCc3cn[nH]c3)CC2)C1. The summed E-state index contributed by atoms with van der Waals surface area (Å²) in [6.45, 7) is 4.12. The Balaban J connectivity index is 1.52. The van der Waals surface area contributed by atoms with Crippen LogP contribution in [0.15, 0.2) is 12.4 Å². The van der Waals surface area contributed by atoms with Crippen molar-refractivity contribution in [1.29, 1.82) is 0 Å². The number of carbonyl (C=O) groups excluding carboxylic acids is 2. The van der Waals surface area contributed by atoms with Crippen molar-refractivity contribution in [2.75, 3.05) is 26.2 Å². The normalized spacial score (nSPS) is 23.5. The first-order valence-corrected chi connectivity index (χ1v) is 8.66. The van der Waals surface area contributed by atoms with Gasteiger partial charge in [0.1, 0.15) is 0 Å². The fraction of sp³-hybridized carbons (Fsp3) is 0.706. The molecule has 2 fully saturated rings. The van der Waals surface area contributed by atoms with Gasteiger partial charge in [0.05, 0.1) is 12.3 Å². The molecule has 132 valence electrons. The van der Waals surface area contributed by atoms with Gasteiger partial charge < -0.3 is 14.9 Å². The fourth-order valence-corrected chi connectivity index (χ4v) is 4.01. The number of β-amino-alcohol motifs (C(OH)–C–C–N with tert-alkyl or cyclic N) is 1. The van der Waals surface area contributed by atoms with Crippen LogP contribution in [0.5, 0.6) is 0 Å². The first-order chi connectivity index (χ1) is 11.5. The molecule has 0 saturated carbocycles. The third-order valence-corrected chi connectivity index (χ3v) is 5.43. The van der Waals surface area contributed by atoms with Crippen LogP contribution in [0.1, 0.15) is 38.2 Å². The molecular formula is C17H26N4O3. The van der Waals surface area contributed by atoms with Crippen molar-refractivity contribution in [3.8, 4) is 0 Å². The average Bonchev–Trinajstić information content (AvgIpc) is 3.06. The van der Waals surface area contributed by atoms with E-state index >= 15 is 0 Å². The van der Waals surface area contributed by atoms with Crippen molar-refractivity contribution in [3.05, 3.63) is 18.0 Å². The number of aromatic amines is 1. The van der Waals surface area contributed by atoms with Crippen LogP contribution >= 0.6 is 0 Å². The van der Waals surface area contributed by atoms with Gasteiger partial charge in [0, 0.05) is 45.7 Å². The van der Waals surface area contributed by atoms with Crippen LogP contribution in [0.25, 0.3) is 0 Å². The predicted octanol–water partition coefficient (Wildman–Crippen LogP) is 0.564. The van der Waals surface area contributed by atoms with Crippen LogP contribution in [0.4, 0.5) is 0 Å². The van der Waals surface area contributed by atoms with Crippen LogP contribution in [0, 0.1) is 5.41 Å². The number of aliphatic hydroxyl groups is 1. The third kappa shape index (κ3) is 3.77. The average molecular weight is 334 g/mol. The lowest BCUT2D eigenvalue weighted by atomic mass is 9.71. The van der Waals surface area contributed by atoms with Gasteiger partial charge in [-0.2, -0.15) is 5.10 Å². The van der Waals surface area contributed by atoms with Gasteiger partial charge in [-0.25, -0.2) is 0 Å². The number of hydrogen-bond donors (Lipinski definition) is 2. The molecule has 1 spiro atoms. The maximum atomic E-state index is 12.4. The first-order valence-electron chi connectivity index (χ1n) is 8.66. The molecule has 0 radical (unpaired) electrons. The quantitative estimate of drug-likeness (QED) is 0.845. The van der Waals surface area contributed by atoms with Crippen molar-refractivity contribution >= 4 is 11.8 Å². The van der Waals surface area contributed by atoms with E-state index in [-0.39, 0.29) is 17.2 Å². The highest BCUT2D eigenvalue weighted by Crippen LogP contribution is 2.40. The van der Waals surface area contributed by atoms with Crippen molar-refractivity contribution in [3.63, 3.8) is 0 Å². The Hall–Kier alpha value is -1.89. The molecule has 2 amide bonds. The van der Waals surface area contributed by atoms with E-state index in [9.17, 15) is 14.7 Å². The van der Waals surface area contributed by atoms with Gasteiger partial charge in [-0.3, -0.25) is 14.7 Å². The molecule has 3 heterocycles. The summed E-state index contributed by atoms with van der Waals surface area (Å²) < 4.78 is 0. The van der Waals surface area contributed by atoms with Gasteiger partial charge in [0.25, 0.3) is 0 Å². The zero-order chi connectivity index (χ0) is 17.2. The molecule has 1 atom stereocenters. The number of aliphatic hydroxyl groups excluding tert-OH is 1. The number of carbonyl (C=O) groups is 2. The minimum Gasteiger partial charge on any atom is -0.391 e. The van der Waals surface area contributed by atoms with E-state index in [1.807, 2.05) is 11.1 Å². The van der Waals surface area contributed by atoms with Gasteiger partial charge in [-0.1, -0.05) is 0 Å². The van der Waals surface area contributed by atoms with Crippen LogP contribution in [-0.2, 0) is 16.0 Å². The highest BCUT2D eigenvalue weighted by atomic mass is 16.3. The number of aryl methyl sites for hydroxylation is 1. The molecule has 2 N–H and O–H groups in total. The summed E-state index contributed by atoms with van der Waals surface area (Å²) in [5.41, 5.74) is 1.01. The largest absolute Gasteiger partial charge is 0.391 e. The summed E-state index contributed by atoms with van der Waals surface area (Å²) in [4.78, 5) is 27.7. The third-order valence-electron chi connectivity index (χ3n) is 5.43. The molecule has 2 aliphatic heterocycles. The van der Waals surface area contributed by atoms with E-state index in [0.29, 0.717) is 39.0 Å². The Labute approximate surface area is 142 Å². The Morgan fingerprint density at radius 1 is 1.38 bits per heavy atom. The zero-order valence-electron chi connectivity index (χ0n) is 14.2. The maximum absolute atomic E-state index is 12.4. The second-order valence-electron chi connectivity index (χ2n) is 7.24. The summed E-state index contributed by atoms with van der Waals surface area (Å²) in [6.07, 6.45) is 6.75. The second kappa shape index (κ2) is 6.93. The van der Waals surface area contributed by atoms with E-state index in [1.165, 1.54) is 0 Å². The lowest BCUT2D eigenvalue weighted by Gasteiger charge is -2.49. The van der Waals surface area contributed by atoms with E-state index in [2.05, 4.69) is 10.2 Å². The number of rotatable bonds is 3. The fourth-order valence-electron chi connectivity index (χ4n) is 4.01. The number of likely N-dealkylation sites (tertiary alicyclic amines) is 2. The number of amides is 2. The Morgan fingerprint density at radius 3 is 2.75 bits per heavy atom. The summed E-state index contributed by atoms with van der Waals surface area (Å²) in [5.74, 6) is 0.192. The Kier molecular flexibility index (Phi) is 4.89. The summed E-state index contributed by atoms with van der Waals surface area (Å²) >= 11 is 0.